The van der Waals surface area contributed by atoms with E-state index in [0.717, 1.165) is 32.9 Å². The molecule has 2 N–H and O–H groups in total. The van der Waals surface area contributed by atoms with Gasteiger partial charge in [-0.1, -0.05) is 6.07 Å². The van der Waals surface area contributed by atoms with E-state index < -0.39 is 0 Å². The van der Waals surface area contributed by atoms with E-state index in [0.29, 0.717) is 12.1 Å². The van der Waals surface area contributed by atoms with E-state index in [4.69, 9.17) is 0 Å². The Labute approximate surface area is 172 Å². The van der Waals surface area contributed by atoms with Crippen molar-refractivity contribution in [2.75, 3.05) is 12.3 Å². The lowest BCUT2D eigenvalue weighted by Crippen LogP contribution is -2.25. The van der Waals surface area contributed by atoms with Crippen LogP contribution < -0.4 is 5.32 Å². The lowest BCUT2D eigenvalue weighted by atomic mass is 10.2. The van der Waals surface area contributed by atoms with Crippen molar-refractivity contribution in [1.82, 2.24) is 25.5 Å². The summed E-state index contributed by atoms with van der Waals surface area (Å²) in [5, 5.41) is 11.4. The highest BCUT2D eigenvalue weighted by atomic mass is 32.2. The summed E-state index contributed by atoms with van der Waals surface area (Å²) in [4.78, 5) is 21.4. The number of aromatic nitrogens is 4. The average molecular weight is 401 g/mol. The molecule has 0 aliphatic rings. The van der Waals surface area contributed by atoms with E-state index in [1.54, 1.807) is 42.5 Å². The summed E-state index contributed by atoms with van der Waals surface area (Å²) in [6.07, 6.45) is 8.89. The first-order chi connectivity index (χ1) is 14.3. The molecule has 0 radical (unpaired) electrons. The fourth-order valence-electron chi connectivity index (χ4n) is 2.81. The van der Waals surface area contributed by atoms with Gasteiger partial charge in [0.25, 0.3) is 5.91 Å². The normalized spacial score (nSPS) is 11.2. The molecule has 6 nitrogen and oxygen atoms in total. The van der Waals surface area contributed by atoms with Gasteiger partial charge in [-0.2, -0.15) is 5.10 Å². The second-order valence-corrected chi connectivity index (χ2v) is 7.42. The number of hydrogen-bond donors (Lipinski definition) is 2. The van der Waals surface area contributed by atoms with Gasteiger partial charge >= 0.3 is 0 Å². The zero-order valence-corrected chi connectivity index (χ0v) is 16.4. The van der Waals surface area contributed by atoms with Gasteiger partial charge < -0.3 is 5.32 Å². The third kappa shape index (κ3) is 4.89. The number of nitrogens with one attached hydrogen (secondary N) is 2. The summed E-state index contributed by atoms with van der Waals surface area (Å²) in [7, 11) is 0. The molecule has 0 aliphatic heterocycles. The Hall–Kier alpha value is -3.45. The Bertz CT molecular complexity index is 1130. The van der Waals surface area contributed by atoms with Gasteiger partial charge in [0.05, 0.1) is 22.5 Å². The van der Waals surface area contributed by atoms with E-state index in [-0.39, 0.29) is 5.91 Å². The highest BCUT2D eigenvalue weighted by Crippen LogP contribution is 2.25. The molecule has 0 saturated carbocycles. The van der Waals surface area contributed by atoms with Gasteiger partial charge in [0.15, 0.2) is 0 Å². The number of carbonyl (C=O) groups excluding carboxylic acids is 1. The van der Waals surface area contributed by atoms with E-state index in [1.165, 1.54) is 0 Å². The first-order valence-corrected chi connectivity index (χ1v) is 10.2. The summed E-state index contributed by atoms with van der Waals surface area (Å²) < 4.78 is 0. The number of pyridine rings is 2. The van der Waals surface area contributed by atoms with Crippen LogP contribution in [0, 0.1) is 0 Å². The molecule has 0 spiro atoms. The summed E-state index contributed by atoms with van der Waals surface area (Å²) in [6, 6.07) is 15.5. The van der Waals surface area contributed by atoms with Gasteiger partial charge in [-0.05, 0) is 54.6 Å². The minimum absolute atomic E-state index is 0.105. The Morgan fingerprint density at radius 2 is 2.07 bits per heavy atom. The predicted molar refractivity (Wildman–Crippen MR) is 117 cm³/mol. The minimum atomic E-state index is -0.105. The summed E-state index contributed by atoms with van der Waals surface area (Å²) in [6.45, 7) is 0.581. The van der Waals surface area contributed by atoms with Crippen LogP contribution in [0.1, 0.15) is 21.7 Å². The topological polar surface area (TPSA) is 83.6 Å². The van der Waals surface area contributed by atoms with Gasteiger partial charge in [-0.25, -0.2) is 0 Å². The van der Waals surface area contributed by atoms with Crippen molar-refractivity contribution >= 4 is 40.7 Å². The Morgan fingerprint density at radius 1 is 1.10 bits per heavy atom. The molecule has 29 heavy (non-hydrogen) atoms. The molecular formula is C22H19N5OS. The van der Waals surface area contributed by atoms with Crippen LogP contribution in [0.25, 0.3) is 23.1 Å². The molecule has 0 atom stereocenters. The summed E-state index contributed by atoms with van der Waals surface area (Å²) in [5.74, 6) is 0.671. The van der Waals surface area contributed by atoms with Crippen LogP contribution in [-0.2, 0) is 0 Å². The van der Waals surface area contributed by atoms with Crippen molar-refractivity contribution in [3.8, 4) is 0 Å². The van der Waals surface area contributed by atoms with Crippen molar-refractivity contribution in [1.29, 1.82) is 0 Å². The number of benzene rings is 1. The van der Waals surface area contributed by atoms with Crippen LogP contribution in [0.2, 0.25) is 0 Å². The molecule has 3 heterocycles. The number of rotatable bonds is 7. The van der Waals surface area contributed by atoms with E-state index in [1.807, 2.05) is 30.4 Å². The number of nitrogens with zero attached hydrogens (tertiary/aromatic N) is 3. The highest BCUT2D eigenvalue weighted by Gasteiger charge is 2.06. The van der Waals surface area contributed by atoms with Crippen LogP contribution in [-0.4, -0.2) is 38.4 Å². The number of thioether (sulfide) groups is 1. The first-order valence-electron chi connectivity index (χ1n) is 9.18. The highest BCUT2D eigenvalue weighted by molar-refractivity contribution is 7.99. The monoisotopic (exact) mass is 401 g/mol. The van der Waals surface area contributed by atoms with E-state index >= 15 is 0 Å². The number of fused-ring (bicyclic) bond motifs is 1. The fourth-order valence-corrected chi connectivity index (χ4v) is 3.61. The molecule has 0 unspecified atom stereocenters. The van der Waals surface area contributed by atoms with Crippen molar-refractivity contribution < 1.29 is 4.79 Å². The molecule has 4 rings (SSSR count). The maximum absolute atomic E-state index is 12.0. The third-order valence-electron chi connectivity index (χ3n) is 4.24. The number of H-pyrrole nitrogens is 1. The van der Waals surface area contributed by atoms with Gasteiger partial charge in [0.2, 0.25) is 0 Å². The molecule has 144 valence electrons. The zero-order valence-electron chi connectivity index (χ0n) is 15.6. The van der Waals surface area contributed by atoms with Gasteiger partial charge in [-0.15, -0.1) is 11.8 Å². The van der Waals surface area contributed by atoms with Gasteiger partial charge in [0.1, 0.15) is 0 Å². The Balaban J connectivity index is 1.34. The molecule has 4 aromatic rings. The molecule has 1 aromatic carbocycles. The zero-order chi connectivity index (χ0) is 19.9. The number of carbonyl (C=O) groups is 1. The lowest BCUT2D eigenvalue weighted by Gasteiger charge is -2.05. The molecule has 0 fully saturated rings. The SMILES string of the molecule is O=C(NCCSc1ccc2c(/C=C/c3ccccn3)n[nH]c2c1)c1cccnc1. The van der Waals surface area contributed by atoms with Crippen LogP contribution in [0.15, 0.2) is 72.0 Å². The predicted octanol–water partition coefficient (Wildman–Crippen LogP) is 4.05. The van der Waals surface area contributed by atoms with Crippen LogP contribution in [0.4, 0.5) is 0 Å². The maximum atomic E-state index is 12.0. The number of aromatic amines is 1. The van der Waals surface area contributed by atoms with E-state index in [9.17, 15) is 4.79 Å². The number of hydrogen-bond acceptors (Lipinski definition) is 5. The Kier molecular flexibility index (Phi) is 5.97. The molecule has 3 aromatic heterocycles. The lowest BCUT2D eigenvalue weighted by molar-refractivity contribution is 0.0956. The second kappa shape index (κ2) is 9.16. The largest absolute Gasteiger partial charge is 0.351 e. The molecule has 0 bridgehead atoms. The van der Waals surface area contributed by atoms with E-state index in [2.05, 4.69) is 43.7 Å². The van der Waals surface area contributed by atoms with Gasteiger partial charge in [-0.3, -0.25) is 19.9 Å². The van der Waals surface area contributed by atoms with Gasteiger partial charge in [0, 0.05) is 41.2 Å². The summed E-state index contributed by atoms with van der Waals surface area (Å²) in [5.41, 5.74) is 3.33. The summed E-state index contributed by atoms with van der Waals surface area (Å²) >= 11 is 1.69. The average Bonchev–Trinajstić information content (AvgIpc) is 3.18. The quantitative estimate of drug-likeness (QED) is 0.361. The first kappa shape index (κ1) is 18.9. The third-order valence-corrected chi connectivity index (χ3v) is 5.24. The number of amides is 1. The van der Waals surface area contributed by atoms with Crippen molar-refractivity contribution in [3.05, 3.63) is 84.1 Å². The molecule has 1 amide bonds. The molecule has 0 aliphatic carbocycles. The minimum Gasteiger partial charge on any atom is -0.351 e. The van der Waals surface area contributed by atoms with Crippen LogP contribution >= 0.6 is 11.8 Å². The smallest absolute Gasteiger partial charge is 0.252 e. The molecule has 7 heteroatoms. The Morgan fingerprint density at radius 3 is 2.90 bits per heavy atom. The van der Waals surface area contributed by atoms with Crippen LogP contribution in [0.3, 0.4) is 0 Å². The standard InChI is InChI=1S/C22H19N5OS/c28-22(16-4-3-10-23-15-16)25-12-13-29-18-7-8-19-20(26-27-21(19)14-18)9-6-17-5-1-2-11-24-17/h1-11,14-15H,12-13H2,(H,25,28)(H,26,27)/b9-6+. The molecule has 0 saturated heterocycles. The fraction of sp³-hybridized carbons (Fsp3) is 0.0909. The van der Waals surface area contributed by atoms with Crippen molar-refractivity contribution in [2.45, 2.75) is 4.90 Å². The van der Waals surface area contributed by atoms with Crippen LogP contribution in [0.5, 0.6) is 0 Å². The maximum Gasteiger partial charge on any atom is 0.252 e. The van der Waals surface area contributed by atoms with Crippen molar-refractivity contribution in [2.24, 2.45) is 0 Å². The molecular weight excluding hydrogens is 382 g/mol. The van der Waals surface area contributed by atoms with Crippen molar-refractivity contribution in [3.63, 3.8) is 0 Å². The second-order valence-electron chi connectivity index (χ2n) is 6.25.